The number of aliphatic carboxylic acids is 1. The first-order valence-electron chi connectivity index (χ1n) is 15.0. The Labute approximate surface area is 261 Å². The molecular weight excluding hydrogens is 603 g/mol. The Morgan fingerprint density at radius 2 is 1.89 bits per heavy atom. The van der Waals surface area contributed by atoms with E-state index in [1.54, 1.807) is 10.6 Å². The zero-order valence-corrected chi connectivity index (χ0v) is 26.7. The van der Waals surface area contributed by atoms with Crippen LogP contribution in [0.3, 0.4) is 0 Å². The number of amides is 2. The number of benzene rings is 1. The lowest BCUT2D eigenvalue weighted by Crippen LogP contribution is -2.41. The molecule has 1 saturated heterocycles. The molecule has 242 valence electrons. The standard InChI is InChI=1S/C30H39FN6O7Si/c1-45(2,3)15-14-43-19-37-23(26(38)32-8-9-36-10-12-42-13-11-36)17-21-25(37)33-18-34-27(21)44-24-5-4-20(16-22(24)31)35-28(39)30(6-7-30)29(40)41/h4-5,16-18H,6-15,19H2,1-3H3,(H,32,38)(H,35,39)(H,40,41). The molecule has 1 saturated carbocycles. The quantitative estimate of drug-likeness (QED) is 0.135. The smallest absolute Gasteiger partial charge is 0.319 e. The first kappa shape index (κ1) is 32.5. The van der Waals surface area contributed by atoms with Gasteiger partial charge in [-0.25, -0.2) is 14.4 Å². The summed E-state index contributed by atoms with van der Waals surface area (Å²) in [5.74, 6) is -3.15. The van der Waals surface area contributed by atoms with Gasteiger partial charge >= 0.3 is 5.97 Å². The highest BCUT2D eigenvalue weighted by atomic mass is 28.3. The number of anilines is 1. The van der Waals surface area contributed by atoms with Crippen molar-refractivity contribution in [1.82, 2.24) is 24.8 Å². The Kier molecular flexibility index (Phi) is 9.81. The number of fused-ring (bicyclic) bond motifs is 1. The van der Waals surface area contributed by atoms with Crippen LogP contribution in [-0.2, 0) is 25.8 Å². The SMILES string of the molecule is C[Si](C)(C)CCOCn1c(C(=O)NCCN2CCOCC2)cc2c(Oc3ccc(NC(=O)C4(C(=O)O)CC4)cc3F)ncnc21. The molecule has 2 aliphatic rings. The van der Waals surface area contributed by atoms with Gasteiger partial charge < -0.3 is 30.0 Å². The first-order valence-corrected chi connectivity index (χ1v) is 18.7. The summed E-state index contributed by atoms with van der Waals surface area (Å²) in [6, 6.07) is 6.33. The molecule has 0 unspecified atom stereocenters. The Balaban J connectivity index is 1.34. The minimum atomic E-state index is -1.46. The van der Waals surface area contributed by atoms with Crippen molar-refractivity contribution in [3.63, 3.8) is 0 Å². The van der Waals surface area contributed by atoms with Crippen LogP contribution >= 0.6 is 0 Å². The average molecular weight is 643 g/mol. The average Bonchev–Trinajstić information content (AvgIpc) is 3.73. The Morgan fingerprint density at radius 1 is 1.13 bits per heavy atom. The van der Waals surface area contributed by atoms with Crippen molar-refractivity contribution in [3.05, 3.63) is 42.1 Å². The van der Waals surface area contributed by atoms with E-state index in [2.05, 4.69) is 45.1 Å². The van der Waals surface area contributed by atoms with Gasteiger partial charge in [-0.1, -0.05) is 19.6 Å². The highest BCUT2D eigenvalue weighted by Crippen LogP contribution is 2.47. The van der Waals surface area contributed by atoms with Crippen LogP contribution in [0.15, 0.2) is 30.6 Å². The first-order chi connectivity index (χ1) is 21.5. The number of aromatic nitrogens is 3. The summed E-state index contributed by atoms with van der Waals surface area (Å²) in [6.07, 6.45) is 1.74. The minimum absolute atomic E-state index is 0.0294. The van der Waals surface area contributed by atoms with Gasteiger partial charge in [0.25, 0.3) is 5.91 Å². The van der Waals surface area contributed by atoms with Crippen molar-refractivity contribution < 1.29 is 38.1 Å². The molecule has 1 aliphatic carbocycles. The summed E-state index contributed by atoms with van der Waals surface area (Å²) < 4.78 is 34.0. The van der Waals surface area contributed by atoms with Crippen molar-refractivity contribution in [3.8, 4) is 11.6 Å². The highest BCUT2D eigenvalue weighted by Gasteiger charge is 2.57. The zero-order chi connectivity index (χ0) is 32.2. The lowest BCUT2D eigenvalue weighted by atomic mass is 10.1. The second-order valence-electron chi connectivity index (χ2n) is 12.5. The predicted molar refractivity (Wildman–Crippen MR) is 166 cm³/mol. The van der Waals surface area contributed by atoms with E-state index in [9.17, 15) is 19.5 Å². The fraction of sp³-hybridized carbons (Fsp3) is 0.500. The molecule has 3 heterocycles. The molecule has 3 aromatic rings. The fourth-order valence-electron chi connectivity index (χ4n) is 4.90. The van der Waals surface area contributed by atoms with Gasteiger partial charge in [-0.05, 0) is 37.1 Å². The maximum atomic E-state index is 15.1. The largest absolute Gasteiger partial charge is 0.480 e. The van der Waals surface area contributed by atoms with Gasteiger partial charge in [0.05, 0.1) is 18.6 Å². The molecular formula is C30H39FN6O7Si. The fourth-order valence-corrected chi connectivity index (χ4v) is 5.65. The normalized spacial score (nSPS) is 16.4. The predicted octanol–water partition coefficient (Wildman–Crippen LogP) is 3.54. The topological polar surface area (TPSA) is 157 Å². The number of halogens is 1. The van der Waals surface area contributed by atoms with Crippen molar-refractivity contribution in [2.75, 3.05) is 51.3 Å². The molecule has 13 nitrogen and oxygen atoms in total. The lowest BCUT2D eigenvalue weighted by Gasteiger charge is -2.26. The number of hydrogen-bond acceptors (Lipinski definition) is 9. The van der Waals surface area contributed by atoms with Crippen molar-refractivity contribution in [2.45, 2.75) is 45.3 Å². The Bertz CT molecular complexity index is 1570. The number of carbonyl (C=O) groups excluding carboxylic acids is 2. The number of carboxylic acids is 1. The van der Waals surface area contributed by atoms with E-state index >= 15 is 4.39 Å². The summed E-state index contributed by atoms with van der Waals surface area (Å²) >= 11 is 0. The molecule has 5 rings (SSSR count). The van der Waals surface area contributed by atoms with Crippen LogP contribution < -0.4 is 15.4 Å². The molecule has 0 spiro atoms. The van der Waals surface area contributed by atoms with Gasteiger partial charge in [0.2, 0.25) is 11.8 Å². The number of hydrogen-bond donors (Lipinski definition) is 3. The number of carboxylic acid groups (broad SMARTS) is 1. The second-order valence-corrected chi connectivity index (χ2v) is 18.1. The molecule has 1 aliphatic heterocycles. The van der Waals surface area contributed by atoms with Crippen LogP contribution in [0.5, 0.6) is 11.6 Å². The third-order valence-electron chi connectivity index (χ3n) is 7.91. The van der Waals surface area contributed by atoms with Crippen LogP contribution in [0.25, 0.3) is 11.0 Å². The molecule has 0 atom stereocenters. The van der Waals surface area contributed by atoms with E-state index in [1.807, 2.05) is 0 Å². The van der Waals surface area contributed by atoms with Crippen LogP contribution in [0, 0.1) is 11.2 Å². The number of ether oxygens (including phenoxy) is 3. The Morgan fingerprint density at radius 3 is 2.56 bits per heavy atom. The van der Waals surface area contributed by atoms with Gasteiger partial charge in [-0.3, -0.25) is 23.9 Å². The van der Waals surface area contributed by atoms with Crippen molar-refractivity contribution >= 4 is 42.6 Å². The van der Waals surface area contributed by atoms with Crippen molar-refractivity contribution in [2.24, 2.45) is 5.41 Å². The van der Waals surface area contributed by atoms with Gasteiger partial charge in [-0.2, -0.15) is 0 Å². The van der Waals surface area contributed by atoms with Gasteiger partial charge in [0.15, 0.2) is 11.6 Å². The van der Waals surface area contributed by atoms with Gasteiger partial charge in [0.1, 0.15) is 29.8 Å². The van der Waals surface area contributed by atoms with Gasteiger partial charge in [-0.15, -0.1) is 0 Å². The summed E-state index contributed by atoms with van der Waals surface area (Å²) in [5, 5.41) is 15.2. The number of nitrogens with one attached hydrogen (secondary N) is 2. The zero-order valence-electron chi connectivity index (χ0n) is 25.7. The molecule has 1 aromatic carbocycles. The maximum absolute atomic E-state index is 15.1. The van der Waals surface area contributed by atoms with Crippen LogP contribution in [0.4, 0.5) is 10.1 Å². The summed E-state index contributed by atoms with van der Waals surface area (Å²) in [7, 11) is -1.34. The molecule has 0 bridgehead atoms. The van der Waals surface area contributed by atoms with E-state index < -0.39 is 31.2 Å². The monoisotopic (exact) mass is 642 g/mol. The van der Waals surface area contributed by atoms with E-state index in [1.165, 1.54) is 18.5 Å². The minimum Gasteiger partial charge on any atom is -0.480 e. The van der Waals surface area contributed by atoms with E-state index in [0.717, 1.165) is 25.2 Å². The third kappa shape index (κ3) is 7.84. The lowest BCUT2D eigenvalue weighted by molar-refractivity contribution is -0.147. The number of morpholine rings is 1. The van der Waals surface area contributed by atoms with Crippen LogP contribution in [0.2, 0.25) is 25.7 Å². The van der Waals surface area contributed by atoms with Crippen LogP contribution in [-0.4, -0.2) is 96.4 Å². The molecule has 15 heteroatoms. The van der Waals surface area contributed by atoms with Gasteiger partial charge in [0, 0.05) is 52.6 Å². The molecule has 2 fully saturated rings. The number of rotatable bonds is 14. The molecule has 3 N–H and O–H groups in total. The number of carbonyl (C=O) groups is 3. The van der Waals surface area contributed by atoms with E-state index in [-0.39, 0.29) is 42.8 Å². The molecule has 0 radical (unpaired) electrons. The maximum Gasteiger partial charge on any atom is 0.319 e. The van der Waals surface area contributed by atoms with E-state index in [4.69, 9.17) is 14.2 Å². The highest BCUT2D eigenvalue weighted by molar-refractivity contribution is 6.76. The van der Waals surface area contributed by atoms with E-state index in [0.29, 0.717) is 49.6 Å². The second kappa shape index (κ2) is 13.6. The summed E-state index contributed by atoms with van der Waals surface area (Å²) in [5.41, 5.74) is -0.672. The third-order valence-corrected chi connectivity index (χ3v) is 9.62. The van der Waals surface area contributed by atoms with Crippen molar-refractivity contribution in [1.29, 1.82) is 0 Å². The van der Waals surface area contributed by atoms with Crippen LogP contribution in [0.1, 0.15) is 23.3 Å². The number of nitrogens with zero attached hydrogens (tertiary/aromatic N) is 4. The molecule has 2 aromatic heterocycles. The summed E-state index contributed by atoms with van der Waals surface area (Å²) in [4.78, 5) is 48.1. The molecule has 2 amide bonds. The summed E-state index contributed by atoms with van der Waals surface area (Å²) in [6.45, 7) is 11.5. The Hall–Kier alpha value is -3.92. The molecule has 45 heavy (non-hydrogen) atoms.